The highest BCUT2D eigenvalue weighted by Gasteiger charge is 2.18. The lowest BCUT2D eigenvalue weighted by molar-refractivity contribution is 0.0529. The Morgan fingerprint density at radius 1 is 1.43 bits per heavy atom. The Hall–Kier alpha value is -2.54. The van der Waals surface area contributed by atoms with E-state index in [0.717, 1.165) is 0 Å². The Kier molecular flexibility index (Phi) is 4.20. The Labute approximate surface area is 135 Å². The van der Waals surface area contributed by atoms with E-state index in [1.54, 1.807) is 24.4 Å². The van der Waals surface area contributed by atoms with Crippen molar-refractivity contribution in [1.29, 1.82) is 0 Å². The quantitative estimate of drug-likeness (QED) is 0.689. The van der Waals surface area contributed by atoms with Gasteiger partial charge >= 0.3 is 5.97 Å². The van der Waals surface area contributed by atoms with Crippen molar-refractivity contribution >= 4 is 27.5 Å². The molecular formula is C16H13FN2O3S. The summed E-state index contributed by atoms with van der Waals surface area (Å²) >= 11 is 1.21. The fraction of sp³-hybridized carbons (Fsp3) is 0.188. The molecule has 0 saturated carbocycles. The zero-order valence-corrected chi connectivity index (χ0v) is 13.1. The Balaban J connectivity index is 2.06. The number of halogens is 1. The summed E-state index contributed by atoms with van der Waals surface area (Å²) in [5.74, 6) is -0.909. The van der Waals surface area contributed by atoms with Gasteiger partial charge in [-0.2, -0.15) is 0 Å². The van der Waals surface area contributed by atoms with Crippen molar-refractivity contribution < 1.29 is 13.9 Å². The second-order valence-electron chi connectivity index (χ2n) is 4.86. The minimum atomic E-state index is -0.541. The number of carbonyl (C=O) groups excluding carboxylic acids is 1. The van der Waals surface area contributed by atoms with Crippen LogP contribution in [0.2, 0.25) is 0 Å². The smallest absolute Gasteiger partial charge is 0.339 e. The molecule has 118 valence electrons. The van der Waals surface area contributed by atoms with E-state index < -0.39 is 5.97 Å². The maximum atomic E-state index is 13.3. The number of esters is 1. The minimum absolute atomic E-state index is 0.178. The lowest BCUT2D eigenvalue weighted by atomic mass is 10.2. The number of thiophene rings is 1. The lowest BCUT2D eigenvalue weighted by Gasteiger charge is -2.06. The van der Waals surface area contributed by atoms with E-state index in [-0.39, 0.29) is 35.5 Å². The molecule has 0 fully saturated rings. The van der Waals surface area contributed by atoms with Crippen LogP contribution in [0.5, 0.6) is 0 Å². The molecule has 0 unspecified atom stereocenters. The number of rotatable bonds is 4. The molecule has 3 rings (SSSR count). The van der Waals surface area contributed by atoms with Crippen LogP contribution in [-0.4, -0.2) is 22.1 Å². The van der Waals surface area contributed by atoms with Gasteiger partial charge in [-0.15, -0.1) is 11.3 Å². The van der Waals surface area contributed by atoms with Gasteiger partial charge in [0.2, 0.25) is 0 Å². The van der Waals surface area contributed by atoms with Crippen molar-refractivity contribution in [2.45, 2.75) is 13.5 Å². The predicted octanol–water partition coefficient (Wildman–Crippen LogP) is 2.82. The summed E-state index contributed by atoms with van der Waals surface area (Å²) in [6.07, 6.45) is 1.40. The van der Waals surface area contributed by atoms with Gasteiger partial charge in [-0.3, -0.25) is 9.36 Å². The van der Waals surface area contributed by atoms with Crippen LogP contribution >= 0.6 is 11.3 Å². The van der Waals surface area contributed by atoms with Crippen LogP contribution in [-0.2, 0) is 11.3 Å². The van der Waals surface area contributed by atoms with Crippen LogP contribution < -0.4 is 5.56 Å². The van der Waals surface area contributed by atoms with Gasteiger partial charge in [0.15, 0.2) is 0 Å². The van der Waals surface area contributed by atoms with Crippen molar-refractivity contribution in [3.05, 3.63) is 63.3 Å². The zero-order chi connectivity index (χ0) is 16.4. The third-order valence-electron chi connectivity index (χ3n) is 3.30. The van der Waals surface area contributed by atoms with Crippen LogP contribution in [0.25, 0.3) is 10.2 Å². The van der Waals surface area contributed by atoms with Gasteiger partial charge in [0, 0.05) is 5.38 Å². The Morgan fingerprint density at radius 3 is 3.00 bits per heavy atom. The second kappa shape index (κ2) is 6.29. The Morgan fingerprint density at radius 2 is 2.26 bits per heavy atom. The number of hydrogen-bond donors (Lipinski definition) is 0. The number of nitrogens with zero attached hydrogens (tertiary/aromatic N) is 2. The SMILES string of the molecule is CCOC(=O)c1csc2ncn(Cc3cccc(F)c3)c(=O)c12. The van der Waals surface area contributed by atoms with Crippen molar-refractivity contribution in [2.75, 3.05) is 6.61 Å². The molecule has 0 aliphatic carbocycles. The van der Waals surface area contributed by atoms with Gasteiger partial charge in [-0.25, -0.2) is 14.2 Å². The monoisotopic (exact) mass is 332 g/mol. The number of benzene rings is 1. The van der Waals surface area contributed by atoms with Gasteiger partial charge in [-0.05, 0) is 24.6 Å². The number of aromatic nitrogens is 2. The first kappa shape index (κ1) is 15.4. The molecule has 5 nitrogen and oxygen atoms in total. The summed E-state index contributed by atoms with van der Waals surface area (Å²) in [5, 5.41) is 1.82. The topological polar surface area (TPSA) is 61.2 Å². The number of carbonyl (C=O) groups is 1. The first-order valence-electron chi connectivity index (χ1n) is 6.98. The van der Waals surface area contributed by atoms with Crippen LogP contribution in [0.15, 0.2) is 40.8 Å². The summed E-state index contributed by atoms with van der Waals surface area (Å²) in [6.45, 7) is 2.11. The molecule has 2 aromatic heterocycles. The minimum Gasteiger partial charge on any atom is -0.462 e. The third-order valence-corrected chi connectivity index (χ3v) is 4.18. The molecule has 0 saturated heterocycles. The summed E-state index contributed by atoms with van der Waals surface area (Å²) in [6, 6.07) is 6.00. The largest absolute Gasteiger partial charge is 0.462 e. The van der Waals surface area contributed by atoms with E-state index in [9.17, 15) is 14.0 Å². The van der Waals surface area contributed by atoms with E-state index >= 15 is 0 Å². The van der Waals surface area contributed by atoms with Crippen molar-refractivity contribution in [3.8, 4) is 0 Å². The van der Waals surface area contributed by atoms with Gasteiger partial charge < -0.3 is 4.74 Å². The highest BCUT2D eigenvalue weighted by Crippen LogP contribution is 2.21. The lowest BCUT2D eigenvalue weighted by Crippen LogP contribution is -2.22. The summed E-state index contributed by atoms with van der Waals surface area (Å²) in [4.78, 5) is 29.3. The molecule has 0 amide bonds. The molecule has 3 aromatic rings. The van der Waals surface area contributed by atoms with Crippen molar-refractivity contribution in [2.24, 2.45) is 0 Å². The molecule has 0 aliphatic heterocycles. The van der Waals surface area contributed by atoms with E-state index in [0.29, 0.717) is 10.4 Å². The molecule has 0 spiro atoms. The average Bonchev–Trinajstić information content (AvgIpc) is 2.95. The van der Waals surface area contributed by atoms with Crippen LogP contribution in [0.1, 0.15) is 22.8 Å². The van der Waals surface area contributed by atoms with E-state index in [1.165, 1.54) is 34.4 Å². The van der Waals surface area contributed by atoms with Gasteiger partial charge in [0.1, 0.15) is 10.6 Å². The first-order valence-corrected chi connectivity index (χ1v) is 7.86. The van der Waals surface area contributed by atoms with Crippen LogP contribution in [0.4, 0.5) is 4.39 Å². The second-order valence-corrected chi connectivity index (χ2v) is 5.72. The molecule has 2 heterocycles. The number of hydrogen-bond acceptors (Lipinski definition) is 5. The van der Waals surface area contributed by atoms with Gasteiger partial charge in [-0.1, -0.05) is 12.1 Å². The van der Waals surface area contributed by atoms with Gasteiger partial charge in [0.05, 0.1) is 30.4 Å². The molecule has 0 N–H and O–H groups in total. The molecule has 0 bridgehead atoms. The van der Waals surface area contributed by atoms with E-state index in [1.807, 2.05) is 0 Å². The van der Waals surface area contributed by atoms with Crippen LogP contribution in [0, 0.1) is 5.82 Å². The highest BCUT2D eigenvalue weighted by molar-refractivity contribution is 7.17. The Bertz CT molecular complexity index is 932. The summed E-state index contributed by atoms with van der Waals surface area (Å²) in [5.41, 5.74) is 0.516. The van der Waals surface area contributed by atoms with Gasteiger partial charge in [0.25, 0.3) is 5.56 Å². The molecular weight excluding hydrogens is 319 g/mol. The fourth-order valence-corrected chi connectivity index (χ4v) is 3.14. The summed E-state index contributed by atoms with van der Waals surface area (Å²) < 4.78 is 19.6. The zero-order valence-electron chi connectivity index (χ0n) is 12.3. The molecule has 23 heavy (non-hydrogen) atoms. The van der Waals surface area contributed by atoms with Crippen molar-refractivity contribution in [3.63, 3.8) is 0 Å². The maximum Gasteiger partial charge on any atom is 0.339 e. The molecule has 0 aliphatic rings. The highest BCUT2D eigenvalue weighted by atomic mass is 32.1. The molecule has 7 heteroatoms. The summed E-state index contributed by atoms with van der Waals surface area (Å²) in [7, 11) is 0. The normalized spacial score (nSPS) is 10.9. The molecule has 0 radical (unpaired) electrons. The third kappa shape index (κ3) is 3.00. The molecule has 0 atom stereocenters. The number of ether oxygens (including phenoxy) is 1. The van der Waals surface area contributed by atoms with E-state index in [2.05, 4.69) is 4.98 Å². The average molecular weight is 332 g/mol. The van der Waals surface area contributed by atoms with Crippen molar-refractivity contribution in [1.82, 2.24) is 9.55 Å². The molecule has 1 aromatic carbocycles. The fourth-order valence-electron chi connectivity index (χ4n) is 2.27. The standard InChI is InChI=1S/C16H13FN2O3S/c1-2-22-16(21)12-8-23-14-13(12)15(20)19(9-18-14)7-10-4-3-5-11(17)6-10/h3-6,8-9H,2,7H2,1H3. The van der Waals surface area contributed by atoms with Crippen LogP contribution in [0.3, 0.4) is 0 Å². The number of fused-ring (bicyclic) bond motifs is 1. The predicted molar refractivity (Wildman–Crippen MR) is 85.3 cm³/mol. The maximum absolute atomic E-state index is 13.3. The first-order chi connectivity index (χ1) is 11.1. The van der Waals surface area contributed by atoms with E-state index in [4.69, 9.17) is 4.74 Å².